The summed E-state index contributed by atoms with van der Waals surface area (Å²) >= 11 is 0. The van der Waals surface area contributed by atoms with Crippen LogP contribution in [0.15, 0.2) is 53.9 Å². The number of carbonyl (C=O) groups excluding carboxylic acids is 2. The molecular weight excluding hydrogens is 322 g/mol. The van der Waals surface area contributed by atoms with Gasteiger partial charge in [0.2, 0.25) is 0 Å². The van der Waals surface area contributed by atoms with Crippen molar-refractivity contribution in [1.82, 2.24) is 5.32 Å². The second kappa shape index (κ2) is 6.82. The molecule has 0 amide bonds. The minimum Gasteiger partial charge on any atom is -0.452 e. The SMILES string of the molecule is O=C1C=C(NC2=C[C@@H]3O[C@H](c4ccccc4)OC[C@H]3OC2=O)CCC1. The van der Waals surface area contributed by atoms with Crippen molar-refractivity contribution < 1.29 is 23.8 Å². The molecule has 6 heteroatoms. The third-order valence-corrected chi connectivity index (χ3v) is 4.44. The van der Waals surface area contributed by atoms with Crippen molar-refractivity contribution in [3.8, 4) is 0 Å². The topological polar surface area (TPSA) is 73.9 Å². The van der Waals surface area contributed by atoms with Gasteiger partial charge >= 0.3 is 5.97 Å². The summed E-state index contributed by atoms with van der Waals surface area (Å²) in [7, 11) is 0. The smallest absolute Gasteiger partial charge is 0.354 e. The average Bonchev–Trinajstić information content (AvgIpc) is 2.63. The molecule has 0 radical (unpaired) electrons. The highest BCUT2D eigenvalue weighted by Crippen LogP contribution is 2.31. The van der Waals surface area contributed by atoms with Crippen LogP contribution < -0.4 is 5.32 Å². The number of nitrogens with one attached hydrogen (secondary N) is 1. The highest BCUT2D eigenvalue weighted by Gasteiger charge is 2.38. The van der Waals surface area contributed by atoms with E-state index >= 15 is 0 Å². The number of allylic oxidation sites excluding steroid dienone is 2. The lowest BCUT2D eigenvalue weighted by Gasteiger charge is -2.37. The summed E-state index contributed by atoms with van der Waals surface area (Å²) in [6.45, 7) is 0.279. The number of esters is 1. The van der Waals surface area contributed by atoms with Crippen LogP contribution in [0.4, 0.5) is 0 Å². The van der Waals surface area contributed by atoms with Crippen LogP contribution in [-0.2, 0) is 23.8 Å². The molecule has 0 bridgehead atoms. The Labute approximate surface area is 145 Å². The Kier molecular flexibility index (Phi) is 4.38. The van der Waals surface area contributed by atoms with E-state index in [1.807, 2.05) is 30.3 Å². The Morgan fingerprint density at radius 2 is 1.92 bits per heavy atom. The van der Waals surface area contributed by atoms with E-state index in [1.54, 1.807) is 12.2 Å². The second-order valence-electron chi connectivity index (χ2n) is 6.32. The summed E-state index contributed by atoms with van der Waals surface area (Å²) in [6.07, 6.45) is 4.02. The zero-order valence-corrected chi connectivity index (χ0v) is 13.6. The largest absolute Gasteiger partial charge is 0.452 e. The maximum Gasteiger partial charge on any atom is 0.354 e. The van der Waals surface area contributed by atoms with E-state index in [0.29, 0.717) is 12.1 Å². The van der Waals surface area contributed by atoms with Gasteiger partial charge < -0.3 is 19.5 Å². The highest BCUT2D eigenvalue weighted by molar-refractivity contribution is 5.92. The van der Waals surface area contributed by atoms with Crippen LogP contribution in [0.3, 0.4) is 0 Å². The van der Waals surface area contributed by atoms with Gasteiger partial charge in [-0.25, -0.2) is 4.79 Å². The van der Waals surface area contributed by atoms with Gasteiger partial charge in [0.1, 0.15) is 11.8 Å². The summed E-state index contributed by atoms with van der Waals surface area (Å²) in [5.74, 6) is -0.381. The molecular formula is C19H19NO5. The van der Waals surface area contributed by atoms with E-state index < -0.39 is 18.4 Å². The van der Waals surface area contributed by atoms with Crippen LogP contribution in [0.5, 0.6) is 0 Å². The molecule has 4 rings (SSSR count). The van der Waals surface area contributed by atoms with Gasteiger partial charge in [0.05, 0.1) is 6.61 Å². The molecule has 1 saturated heterocycles. The minimum atomic E-state index is -0.493. The molecule has 0 unspecified atom stereocenters. The first-order valence-electron chi connectivity index (χ1n) is 8.44. The van der Waals surface area contributed by atoms with Gasteiger partial charge in [-0.3, -0.25) is 4.79 Å². The standard InChI is InChI=1S/C19H19NO5/c21-14-8-4-7-13(9-14)20-15-10-16-17(24-18(15)22)11-23-19(25-16)12-5-2-1-3-6-12/h1-3,5-6,9-10,16-17,19-20H,4,7-8,11H2/t16-,17+,19+/m0/s1. The molecule has 0 aromatic heterocycles. The molecule has 3 aliphatic rings. The Hall–Kier alpha value is -2.44. The van der Waals surface area contributed by atoms with Crippen molar-refractivity contribution in [2.24, 2.45) is 0 Å². The Bertz CT molecular complexity index is 739. The molecule has 1 aliphatic carbocycles. The van der Waals surface area contributed by atoms with Crippen LogP contribution >= 0.6 is 0 Å². The fourth-order valence-corrected chi connectivity index (χ4v) is 3.17. The first-order chi connectivity index (χ1) is 12.2. The summed E-state index contributed by atoms with van der Waals surface area (Å²) < 4.78 is 17.1. The molecule has 0 spiro atoms. The zero-order valence-electron chi connectivity index (χ0n) is 13.6. The summed E-state index contributed by atoms with van der Waals surface area (Å²) in [6, 6.07) is 9.63. The van der Waals surface area contributed by atoms with Crippen LogP contribution in [0.2, 0.25) is 0 Å². The fraction of sp³-hybridized carbons (Fsp3) is 0.368. The second-order valence-corrected chi connectivity index (χ2v) is 6.32. The van der Waals surface area contributed by atoms with Crippen molar-refractivity contribution in [3.05, 3.63) is 59.4 Å². The lowest BCUT2D eigenvalue weighted by Crippen LogP contribution is -2.47. The molecule has 1 N–H and O–H groups in total. The number of benzene rings is 1. The molecule has 130 valence electrons. The van der Waals surface area contributed by atoms with E-state index in [4.69, 9.17) is 14.2 Å². The fourth-order valence-electron chi connectivity index (χ4n) is 3.17. The molecule has 2 heterocycles. The van der Waals surface area contributed by atoms with Crippen molar-refractivity contribution >= 4 is 11.8 Å². The van der Waals surface area contributed by atoms with E-state index in [1.165, 1.54) is 0 Å². The summed E-state index contributed by atoms with van der Waals surface area (Å²) in [4.78, 5) is 23.7. The van der Waals surface area contributed by atoms with Crippen LogP contribution in [0, 0.1) is 0 Å². The number of ether oxygens (including phenoxy) is 3. The van der Waals surface area contributed by atoms with Crippen LogP contribution in [-0.4, -0.2) is 30.6 Å². The van der Waals surface area contributed by atoms with E-state index in [2.05, 4.69) is 5.32 Å². The van der Waals surface area contributed by atoms with Gasteiger partial charge in [0.25, 0.3) is 0 Å². The monoisotopic (exact) mass is 341 g/mol. The van der Waals surface area contributed by atoms with Gasteiger partial charge in [0.15, 0.2) is 18.2 Å². The highest BCUT2D eigenvalue weighted by atomic mass is 16.7. The normalized spacial score (nSPS) is 29.2. The van der Waals surface area contributed by atoms with E-state index in [9.17, 15) is 9.59 Å². The van der Waals surface area contributed by atoms with Crippen molar-refractivity contribution in [1.29, 1.82) is 0 Å². The first kappa shape index (κ1) is 16.1. The molecule has 1 aromatic carbocycles. The summed E-state index contributed by atoms with van der Waals surface area (Å²) in [5.41, 5.74) is 1.97. The Morgan fingerprint density at radius 3 is 2.72 bits per heavy atom. The Morgan fingerprint density at radius 1 is 1.08 bits per heavy atom. The lowest BCUT2D eigenvalue weighted by molar-refractivity contribution is -0.252. The van der Waals surface area contributed by atoms with Crippen molar-refractivity contribution in [2.45, 2.75) is 37.8 Å². The van der Waals surface area contributed by atoms with Gasteiger partial charge in [-0.15, -0.1) is 0 Å². The predicted molar refractivity (Wildman–Crippen MR) is 88.0 cm³/mol. The molecule has 1 aromatic rings. The molecule has 3 atom stereocenters. The molecule has 1 fully saturated rings. The van der Waals surface area contributed by atoms with E-state index in [0.717, 1.165) is 24.1 Å². The third-order valence-electron chi connectivity index (χ3n) is 4.44. The minimum absolute atomic E-state index is 0.0721. The van der Waals surface area contributed by atoms with Gasteiger partial charge in [-0.05, 0) is 18.9 Å². The number of ketones is 1. The number of hydrogen-bond acceptors (Lipinski definition) is 6. The van der Waals surface area contributed by atoms with Crippen LogP contribution in [0.1, 0.15) is 31.1 Å². The quantitative estimate of drug-likeness (QED) is 0.849. The number of carbonyl (C=O) groups is 2. The molecule has 25 heavy (non-hydrogen) atoms. The van der Waals surface area contributed by atoms with Gasteiger partial charge in [-0.1, -0.05) is 30.3 Å². The number of hydrogen-bond donors (Lipinski definition) is 1. The van der Waals surface area contributed by atoms with Gasteiger partial charge in [-0.2, -0.15) is 0 Å². The number of rotatable bonds is 3. The lowest BCUT2D eigenvalue weighted by atomic mass is 10.0. The molecule has 0 saturated carbocycles. The first-order valence-corrected chi connectivity index (χ1v) is 8.44. The third kappa shape index (κ3) is 3.50. The Balaban J connectivity index is 1.51. The maximum atomic E-state index is 12.2. The zero-order chi connectivity index (χ0) is 17.2. The van der Waals surface area contributed by atoms with E-state index in [-0.39, 0.29) is 18.5 Å². The van der Waals surface area contributed by atoms with Crippen molar-refractivity contribution in [2.75, 3.05) is 6.61 Å². The average molecular weight is 341 g/mol. The van der Waals surface area contributed by atoms with Gasteiger partial charge in [0, 0.05) is 23.8 Å². The summed E-state index contributed by atoms with van der Waals surface area (Å²) in [5, 5.41) is 3.03. The number of fused-ring (bicyclic) bond motifs is 1. The maximum absolute atomic E-state index is 12.2. The molecule has 2 aliphatic heterocycles. The predicted octanol–water partition coefficient (Wildman–Crippen LogP) is 2.14. The van der Waals surface area contributed by atoms with Crippen LogP contribution in [0.25, 0.3) is 0 Å². The van der Waals surface area contributed by atoms with Crippen molar-refractivity contribution in [3.63, 3.8) is 0 Å². The molecule has 6 nitrogen and oxygen atoms in total.